The number of nitrogens with one attached hydrogen (secondary N) is 2. The number of aromatic nitrogens is 2. The molecule has 0 aliphatic carbocycles. The molecule has 1 aliphatic heterocycles. The van der Waals surface area contributed by atoms with Crippen LogP contribution in [-0.4, -0.2) is 40.8 Å². The maximum absolute atomic E-state index is 12.4. The highest BCUT2D eigenvalue weighted by Gasteiger charge is 2.16. The molecule has 1 atom stereocenters. The SMILES string of the molecule is C#Cc1cccc(NC(=O)NC(CO)c2ccc(-c3cccc(N4CCCC4)n3)cc2)n1. The molecule has 2 amide bonds. The second-order valence-corrected chi connectivity index (χ2v) is 7.58. The molecule has 3 heterocycles. The van der Waals surface area contributed by atoms with Gasteiger partial charge in [-0.05, 0) is 42.7 Å². The van der Waals surface area contributed by atoms with Crippen molar-refractivity contribution >= 4 is 17.7 Å². The van der Waals surface area contributed by atoms with E-state index < -0.39 is 12.1 Å². The number of benzene rings is 1. The Bertz CT molecular complexity index is 1120. The fraction of sp³-hybridized carbons (Fsp3) is 0.240. The first kappa shape index (κ1) is 21.3. The van der Waals surface area contributed by atoms with E-state index in [4.69, 9.17) is 11.4 Å². The van der Waals surface area contributed by atoms with Crippen LogP contribution in [0.5, 0.6) is 0 Å². The molecule has 162 valence electrons. The van der Waals surface area contributed by atoms with Crippen molar-refractivity contribution in [1.82, 2.24) is 15.3 Å². The minimum atomic E-state index is -0.566. The lowest BCUT2D eigenvalue weighted by atomic mass is 10.0. The van der Waals surface area contributed by atoms with Gasteiger partial charge < -0.3 is 15.3 Å². The largest absolute Gasteiger partial charge is 0.394 e. The Morgan fingerprint density at radius 2 is 1.81 bits per heavy atom. The van der Waals surface area contributed by atoms with Gasteiger partial charge in [-0.3, -0.25) is 5.32 Å². The van der Waals surface area contributed by atoms with E-state index in [0.29, 0.717) is 11.5 Å². The van der Waals surface area contributed by atoms with Crippen molar-refractivity contribution in [1.29, 1.82) is 0 Å². The summed E-state index contributed by atoms with van der Waals surface area (Å²) in [7, 11) is 0. The zero-order valence-corrected chi connectivity index (χ0v) is 17.7. The maximum Gasteiger partial charge on any atom is 0.320 e. The van der Waals surface area contributed by atoms with Crippen LogP contribution in [0.25, 0.3) is 11.3 Å². The number of pyridine rings is 2. The van der Waals surface area contributed by atoms with Crippen LogP contribution in [0.3, 0.4) is 0 Å². The van der Waals surface area contributed by atoms with Crippen molar-refractivity contribution in [3.8, 4) is 23.6 Å². The normalized spacial score (nSPS) is 13.9. The molecule has 7 nitrogen and oxygen atoms in total. The van der Waals surface area contributed by atoms with Gasteiger partial charge in [-0.15, -0.1) is 6.42 Å². The van der Waals surface area contributed by atoms with Gasteiger partial charge in [0.05, 0.1) is 18.3 Å². The molecule has 1 aromatic carbocycles. The number of hydrogen-bond donors (Lipinski definition) is 3. The number of hydrogen-bond acceptors (Lipinski definition) is 5. The molecule has 1 unspecified atom stereocenters. The summed E-state index contributed by atoms with van der Waals surface area (Å²) in [5.41, 5.74) is 3.09. The van der Waals surface area contributed by atoms with Crippen molar-refractivity contribution in [3.05, 3.63) is 71.9 Å². The fourth-order valence-electron chi connectivity index (χ4n) is 3.72. The van der Waals surface area contributed by atoms with E-state index in [-0.39, 0.29) is 6.61 Å². The molecule has 0 bridgehead atoms. The number of nitrogens with zero attached hydrogens (tertiary/aromatic N) is 3. The van der Waals surface area contributed by atoms with Gasteiger partial charge in [0.1, 0.15) is 17.3 Å². The number of aliphatic hydroxyl groups excluding tert-OH is 1. The number of urea groups is 1. The molecule has 0 spiro atoms. The molecule has 1 aliphatic rings. The highest BCUT2D eigenvalue weighted by atomic mass is 16.3. The first-order valence-electron chi connectivity index (χ1n) is 10.6. The Morgan fingerprint density at radius 1 is 1.06 bits per heavy atom. The summed E-state index contributed by atoms with van der Waals surface area (Å²) in [6.45, 7) is 1.85. The Balaban J connectivity index is 1.43. The average molecular weight is 428 g/mol. The van der Waals surface area contributed by atoms with Gasteiger partial charge in [0.25, 0.3) is 0 Å². The molecular weight excluding hydrogens is 402 g/mol. The monoisotopic (exact) mass is 427 g/mol. The highest BCUT2D eigenvalue weighted by molar-refractivity contribution is 5.88. The minimum Gasteiger partial charge on any atom is -0.394 e. The summed E-state index contributed by atoms with van der Waals surface area (Å²) in [4.78, 5) is 23.6. The Labute approximate surface area is 187 Å². The van der Waals surface area contributed by atoms with Crippen LogP contribution in [0.15, 0.2) is 60.7 Å². The lowest BCUT2D eigenvalue weighted by Crippen LogP contribution is -2.34. The third kappa shape index (κ3) is 5.05. The topological polar surface area (TPSA) is 90.4 Å². The molecule has 4 rings (SSSR count). The van der Waals surface area contributed by atoms with Crippen LogP contribution in [-0.2, 0) is 0 Å². The zero-order chi connectivity index (χ0) is 22.3. The summed E-state index contributed by atoms with van der Waals surface area (Å²) in [6, 6.07) is 17.7. The maximum atomic E-state index is 12.4. The smallest absolute Gasteiger partial charge is 0.320 e. The number of aliphatic hydroxyl groups is 1. The standard InChI is InChI=1S/C25H25N5O2/c1-2-20-7-5-9-23(26-20)29-25(32)28-22(17-31)19-13-11-18(12-14-19)21-8-6-10-24(27-21)30-15-3-4-16-30/h1,5-14,22,31H,3-4,15-17H2,(H2,26,28,29,32). The van der Waals surface area contributed by atoms with Gasteiger partial charge >= 0.3 is 6.03 Å². The van der Waals surface area contributed by atoms with Crippen LogP contribution in [0.4, 0.5) is 16.4 Å². The van der Waals surface area contributed by atoms with Crippen LogP contribution < -0.4 is 15.5 Å². The van der Waals surface area contributed by atoms with Crippen LogP contribution in [0.2, 0.25) is 0 Å². The molecule has 3 aromatic rings. The third-order valence-electron chi connectivity index (χ3n) is 5.40. The van der Waals surface area contributed by atoms with Crippen LogP contribution >= 0.6 is 0 Å². The fourth-order valence-corrected chi connectivity index (χ4v) is 3.72. The summed E-state index contributed by atoms with van der Waals surface area (Å²) >= 11 is 0. The van der Waals surface area contributed by atoms with E-state index in [9.17, 15) is 9.90 Å². The van der Waals surface area contributed by atoms with E-state index in [1.165, 1.54) is 12.8 Å². The number of carbonyl (C=O) groups is 1. The van der Waals surface area contributed by atoms with Crippen molar-refractivity contribution < 1.29 is 9.90 Å². The summed E-state index contributed by atoms with van der Waals surface area (Å²) < 4.78 is 0. The number of carbonyl (C=O) groups excluding carboxylic acids is 1. The van der Waals surface area contributed by atoms with Crippen molar-refractivity contribution in [2.24, 2.45) is 0 Å². The molecule has 3 N–H and O–H groups in total. The predicted octanol–water partition coefficient (Wildman–Crippen LogP) is 3.58. The molecule has 1 saturated heterocycles. The van der Waals surface area contributed by atoms with Gasteiger partial charge in [-0.1, -0.05) is 42.3 Å². The number of terminal acetylenes is 1. The molecule has 32 heavy (non-hydrogen) atoms. The highest BCUT2D eigenvalue weighted by Crippen LogP contribution is 2.24. The first-order valence-corrected chi connectivity index (χ1v) is 10.6. The van der Waals surface area contributed by atoms with Crippen molar-refractivity contribution in [3.63, 3.8) is 0 Å². The molecule has 7 heteroatoms. The van der Waals surface area contributed by atoms with Crippen LogP contribution in [0.1, 0.15) is 30.1 Å². The third-order valence-corrected chi connectivity index (χ3v) is 5.40. The summed E-state index contributed by atoms with van der Waals surface area (Å²) in [5.74, 6) is 3.77. The predicted molar refractivity (Wildman–Crippen MR) is 125 cm³/mol. The quantitative estimate of drug-likeness (QED) is 0.523. The molecule has 0 saturated carbocycles. The minimum absolute atomic E-state index is 0.243. The van der Waals surface area contributed by atoms with E-state index in [1.807, 2.05) is 42.5 Å². The number of rotatable bonds is 6. The molecular formula is C25H25N5O2. The van der Waals surface area contributed by atoms with Gasteiger partial charge in [0.15, 0.2) is 0 Å². The van der Waals surface area contributed by atoms with Gasteiger partial charge in [0, 0.05) is 18.7 Å². The number of amides is 2. The lowest BCUT2D eigenvalue weighted by molar-refractivity contribution is 0.225. The van der Waals surface area contributed by atoms with Gasteiger partial charge in [0.2, 0.25) is 0 Å². The zero-order valence-electron chi connectivity index (χ0n) is 17.7. The van der Waals surface area contributed by atoms with Crippen molar-refractivity contribution in [2.45, 2.75) is 18.9 Å². The van der Waals surface area contributed by atoms with E-state index in [1.54, 1.807) is 18.2 Å². The average Bonchev–Trinajstić information content (AvgIpc) is 3.38. The van der Waals surface area contributed by atoms with E-state index >= 15 is 0 Å². The first-order chi connectivity index (χ1) is 15.7. The Kier molecular flexibility index (Phi) is 6.63. The van der Waals surface area contributed by atoms with Gasteiger partial charge in [-0.25, -0.2) is 14.8 Å². The Morgan fingerprint density at radius 3 is 2.53 bits per heavy atom. The molecule has 1 fully saturated rings. The summed E-state index contributed by atoms with van der Waals surface area (Å²) in [5, 5.41) is 15.2. The number of anilines is 2. The molecule has 0 radical (unpaired) electrons. The second-order valence-electron chi connectivity index (χ2n) is 7.58. The second kappa shape index (κ2) is 9.94. The van der Waals surface area contributed by atoms with Crippen molar-refractivity contribution in [2.75, 3.05) is 29.9 Å². The van der Waals surface area contributed by atoms with Crippen LogP contribution in [0, 0.1) is 12.3 Å². The Hall–Kier alpha value is -3.89. The van der Waals surface area contributed by atoms with Gasteiger partial charge in [-0.2, -0.15) is 0 Å². The van der Waals surface area contributed by atoms with E-state index in [0.717, 1.165) is 35.7 Å². The summed E-state index contributed by atoms with van der Waals surface area (Å²) in [6.07, 6.45) is 7.75. The molecule has 2 aromatic heterocycles. The lowest BCUT2D eigenvalue weighted by Gasteiger charge is -2.18. The van der Waals surface area contributed by atoms with E-state index in [2.05, 4.69) is 26.4 Å².